The summed E-state index contributed by atoms with van der Waals surface area (Å²) in [6.07, 6.45) is 3.36. The molecule has 8 heteroatoms. The molecule has 0 aliphatic carbocycles. The van der Waals surface area contributed by atoms with Crippen LogP contribution in [0.4, 0.5) is 11.4 Å². The molecule has 5 rings (SSSR count). The smallest absolute Gasteiger partial charge is 0.264 e. The van der Waals surface area contributed by atoms with Crippen LogP contribution in [0.3, 0.4) is 0 Å². The van der Waals surface area contributed by atoms with E-state index >= 15 is 0 Å². The number of nitrogens with one attached hydrogen (secondary N) is 1. The van der Waals surface area contributed by atoms with Gasteiger partial charge in [-0.05, 0) is 66.9 Å². The van der Waals surface area contributed by atoms with Gasteiger partial charge < -0.3 is 5.32 Å². The molecule has 0 bridgehead atoms. The van der Waals surface area contributed by atoms with E-state index in [0.717, 1.165) is 29.0 Å². The van der Waals surface area contributed by atoms with Crippen molar-refractivity contribution in [2.75, 3.05) is 16.2 Å². The topological polar surface area (TPSA) is 79.4 Å². The summed E-state index contributed by atoms with van der Waals surface area (Å²) in [7, 11) is -3.79. The van der Waals surface area contributed by atoms with Crippen molar-refractivity contribution >= 4 is 38.6 Å². The van der Waals surface area contributed by atoms with Gasteiger partial charge in [0.1, 0.15) is 5.01 Å². The van der Waals surface area contributed by atoms with E-state index in [4.69, 9.17) is 0 Å². The van der Waals surface area contributed by atoms with Gasteiger partial charge in [0.25, 0.3) is 15.9 Å². The molecular weight excluding hydrogens is 454 g/mol. The van der Waals surface area contributed by atoms with Gasteiger partial charge in [-0.25, -0.2) is 13.4 Å². The molecule has 0 saturated carbocycles. The van der Waals surface area contributed by atoms with Crippen LogP contribution in [0.2, 0.25) is 0 Å². The third kappa shape index (κ3) is 4.27. The van der Waals surface area contributed by atoms with E-state index in [9.17, 15) is 13.2 Å². The highest BCUT2D eigenvalue weighted by Gasteiger charge is 2.29. The zero-order chi connectivity index (χ0) is 22.8. The maximum absolute atomic E-state index is 13.4. The molecule has 33 heavy (non-hydrogen) atoms. The van der Waals surface area contributed by atoms with E-state index in [0.29, 0.717) is 17.9 Å². The molecule has 166 valence electrons. The minimum Gasteiger partial charge on any atom is -0.322 e. The van der Waals surface area contributed by atoms with E-state index in [1.807, 2.05) is 41.8 Å². The number of para-hydroxylation sites is 1. The van der Waals surface area contributed by atoms with Gasteiger partial charge in [0.05, 0.1) is 10.6 Å². The fraction of sp³-hybridized carbons (Fsp3) is 0.120. The van der Waals surface area contributed by atoms with Gasteiger partial charge in [0.15, 0.2) is 0 Å². The van der Waals surface area contributed by atoms with E-state index < -0.39 is 10.0 Å². The third-order valence-corrected chi connectivity index (χ3v) is 8.21. The van der Waals surface area contributed by atoms with Crippen LogP contribution in [0.25, 0.3) is 10.6 Å². The molecule has 0 spiro atoms. The third-order valence-electron chi connectivity index (χ3n) is 5.57. The molecule has 0 saturated heterocycles. The normalized spacial score (nSPS) is 13.4. The first-order valence-electron chi connectivity index (χ1n) is 10.5. The van der Waals surface area contributed by atoms with Crippen molar-refractivity contribution in [2.45, 2.75) is 17.7 Å². The Morgan fingerprint density at radius 1 is 1.00 bits per heavy atom. The number of sulfonamides is 1. The molecule has 4 aromatic rings. The Morgan fingerprint density at radius 3 is 2.61 bits per heavy atom. The summed E-state index contributed by atoms with van der Waals surface area (Å²) in [6.45, 7) is 0.418. The maximum atomic E-state index is 13.4. The summed E-state index contributed by atoms with van der Waals surface area (Å²) >= 11 is 1.54. The SMILES string of the molecule is O=C(Nc1ccc(-c2nccs2)cc1)c1cccc(S(=O)(=O)N2CCCc3ccccc32)c1. The average molecular weight is 476 g/mol. The summed E-state index contributed by atoms with van der Waals surface area (Å²) in [4.78, 5) is 17.2. The standard InChI is InChI=1S/C25H21N3O3S2/c29-24(27-21-12-10-19(11-13-21)25-26-14-16-32-25)20-6-3-8-22(17-20)33(30,31)28-15-4-7-18-5-1-2-9-23(18)28/h1-3,5-6,8-14,16-17H,4,7,15H2,(H,27,29). The predicted molar refractivity (Wildman–Crippen MR) is 131 cm³/mol. The fourth-order valence-corrected chi connectivity index (χ4v) is 6.17. The van der Waals surface area contributed by atoms with E-state index in [-0.39, 0.29) is 16.4 Å². The van der Waals surface area contributed by atoms with Crippen molar-refractivity contribution in [1.29, 1.82) is 0 Å². The predicted octanol–water partition coefficient (Wildman–Crippen LogP) is 5.20. The van der Waals surface area contributed by atoms with Crippen LogP contribution >= 0.6 is 11.3 Å². The first kappa shape index (κ1) is 21.4. The molecule has 1 N–H and O–H groups in total. The number of aryl methyl sites for hydroxylation is 1. The molecule has 1 aliphatic heterocycles. The van der Waals surface area contributed by atoms with E-state index in [1.165, 1.54) is 16.4 Å². The van der Waals surface area contributed by atoms with E-state index in [2.05, 4.69) is 10.3 Å². The number of carbonyl (C=O) groups excluding carboxylic acids is 1. The highest BCUT2D eigenvalue weighted by Crippen LogP contribution is 2.32. The number of thiazole rings is 1. The second-order valence-corrected chi connectivity index (χ2v) is 10.5. The molecule has 2 heterocycles. The Hall–Kier alpha value is -3.49. The summed E-state index contributed by atoms with van der Waals surface area (Å²) in [5.74, 6) is -0.368. The lowest BCUT2D eigenvalue weighted by Gasteiger charge is -2.30. The van der Waals surface area contributed by atoms with Gasteiger partial charge in [-0.2, -0.15) is 0 Å². The van der Waals surface area contributed by atoms with Gasteiger partial charge in [-0.15, -0.1) is 11.3 Å². The number of carbonyl (C=O) groups is 1. The Balaban J connectivity index is 1.37. The molecule has 0 fully saturated rings. The lowest BCUT2D eigenvalue weighted by molar-refractivity contribution is 0.102. The molecule has 0 radical (unpaired) electrons. The molecule has 0 unspecified atom stereocenters. The zero-order valence-electron chi connectivity index (χ0n) is 17.6. The summed E-state index contributed by atoms with van der Waals surface area (Å²) in [5, 5.41) is 5.66. The van der Waals surface area contributed by atoms with E-state index in [1.54, 1.807) is 41.8 Å². The number of rotatable bonds is 5. The van der Waals surface area contributed by atoms with Gasteiger partial charge >= 0.3 is 0 Å². The van der Waals surface area contributed by atoms with Crippen LogP contribution in [-0.4, -0.2) is 25.9 Å². The average Bonchev–Trinajstić information content (AvgIpc) is 3.39. The number of benzene rings is 3. The van der Waals surface area contributed by atoms with Crippen LogP contribution in [0.1, 0.15) is 22.3 Å². The van der Waals surface area contributed by atoms with Crippen molar-refractivity contribution in [1.82, 2.24) is 4.98 Å². The quantitative estimate of drug-likeness (QED) is 0.430. The maximum Gasteiger partial charge on any atom is 0.264 e. The lowest BCUT2D eigenvalue weighted by atomic mass is 10.0. The van der Waals surface area contributed by atoms with Crippen LogP contribution < -0.4 is 9.62 Å². The van der Waals surface area contributed by atoms with Crippen molar-refractivity contribution in [3.63, 3.8) is 0 Å². The van der Waals surface area contributed by atoms with Crippen LogP contribution in [0.5, 0.6) is 0 Å². The minimum atomic E-state index is -3.79. The number of nitrogens with zero attached hydrogens (tertiary/aromatic N) is 2. The van der Waals surface area contributed by atoms with Gasteiger partial charge in [-0.1, -0.05) is 24.3 Å². The number of hydrogen-bond donors (Lipinski definition) is 1. The summed E-state index contributed by atoms with van der Waals surface area (Å²) in [6, 6.07) is 21.1. The number of fused-ring (bicyclic) bond motifs is 1. The van der Waals surface area contributed by atoms with Gasteiger partial charge in [0, 0.05) is 34.9 Å². The van der Waals surface area contributed by atoms with Gasteiger partial charge in [0.2, 0.25) is 0 Å². The number of aromatic nitrogens is 1. The first-order valence-corrected chi connectivity index (χ1v) is 12.9. The monoisotopic (exact) mass is 475 g/mol. The van der Waals surface area contributed by atoms with Crippen LogP contribution in [0, 0.1) is 0 Å². The summed E-state index contributed by atoms with van der Waals surface area (Å²) < 4.78 is 28.3. The number of hydrogen-bond acceptors (Lipinski definition) is 5. The number of anilines is 2. The first-order chi connectivity index (χ1) is 16.0. The Kier molecular flexibility index (Phi) is 5.70. The highest BCUT2D eigenvalue weighted by molar-refractivity contribution is 7.92. The molecule has 6 nitrogen and oxygen atoms in total. The second-order valence-electron chi connectivity index (χ2n) is 7.71. The zero-order valence-corrected chi connectivity index (χ0v) is 19.3. The molecule has 1 amide bonds. The Labute approximate surface area is 196 Å². The molecule has 1 aromatic heterocycles. The van der Waals surface area contributed by atoms with Crippen LogP contribution in [0.15, 0.2) is 89.3 Å². The molecular formula is C25H21N3O3S2. The Bertz CT molecular complexity index is 1400. The molecule has 1 aliphatic rings. The minimum absolute atomic E-state index is 0.103. The fourth-order valence-electron chi connectivity index (χ4n) is 3.94. The van der Waals surface area contributed by atoms with Crippen molar-refractivity contribution < 1.29 is 13.2 Å². The second kappa shape index (κ2) is 8.80. The molecule has 0 atom stereocenters. The molecule has 3 aromatic carbocycles. The van der Waals surface area contributed by atoms with Crippen molar-refractivity contribution in [3.8, 4) is 10.6 Å². The number of amides is 1. The van der Waals surface area contributed by atoms with Crippen LogP contribution in [-0.2, 0) is 16.4 Å². The highest BCUT2D eigenvalue weighted by atomic mass is 32.2. The largest absolute Gasteiger partial charge is 0.322 e. The van der Waals surface area contributed by atoms with Crippen molar-refractivity contribution in [3.05, 3.63) is 95.5 Å². The Morgan fingerprint density at radius 2 is 1.82 bits per heavy atom. The summed E-state index contributed by atoms with van der Waals surface area (Å²) in [5.41, 5.74) is 3.60. The van der Waals surface area contributed by atoms with Gasteiger partial charge in [-0.3, -0.25) is 9.10 Å². The van der Waals surface area contributed by atoms with Crippen molar-refractivity contribution in [2.24, 2.45) is 0 Å². The lowest BCUT2D eigenvalue weighted by Crippen LogP contribution is -2.35.